The highest BCUT2D eigenvalue weighted by atomic mass is 32.1. The van der Waals surface area contributed by atoms with Crippen LogP contribution in [0.4, 0.5) is 18.3 Å². The van der Waals surface area contributed by atoms with Crippen LogP contribution in [0.25, 0.3) is 5.65 Å². The summed E-state index contributed by atoms with van der Waals surface area (Å²) in [5.74, 6) is 5.27. The largest absolute Gasteiger partial charge is 0.416 e. The predicted molar refractivity (Wildman–Crippen MR) is 133 cm³/mol. The van der Waals surface area contributed by atoms with Gasteiger partial charge in [0, 0.05) is 50.7 Å². The number of nitrogens with zero attached hydrogens (tertiary/aromatic N) is 6. The Hall–Kier alpha value is -3.79. The molecule has 190 valence electrons. The standard InChI is InChI=1S/C25H22F3N7OS/c1-33-9-11-34(12-10-33)16-19-4-3-17(13-21(19)25(26,27)28)23(36)32-24-30-15-20(37-24)6-5-18-14-31-35-8-2-7-29-22(18)35/h2-4,7-8,13-15H,9-12,16H2,1H3,(H,30,32,36). The molecule has 12 heteroatoms. The number of halogens is 3. The Kier molecular flexibility index (Phi) is 6.92. The zero-order valence-corrected chi connectivity index (χ0v) is 20.6. The van der Waals surface area contributed by atoms with Crippen molar-refractivity contribution < 1.29 is 18.0 Å². The molecule has 0 saturated carbocycles. The number of nitrogens with one attached hydrogen (secondary N) is 1. The minimum Gasteiger partial charge on any atom is -0.304 e. The predicted octanol–water partition coefficient (Wildman–Crippen LogP) is 3.60. The monoisotopic (exact) mass is 525 g/mol. The number of carbonyl (C=O) groups excluding carboxylic acids is 1. The Labute approximate surface area is 214 Å². The molecular weight excluding hydrogens is 503 g/mol. The van der Waals surface area contributed by atoms with Gasteiger partial charge in [-0.15, -0.1) is 0 Å². The number of hydrogen-bond donors (Lipinski definition) is 1. The van der Waals surface area contributed by atoms with Crippen molar-refractivity contribution in [2.75, 3.05) is 38.5 Å². The average Bonchev–Trinajstić information content (AvgIpc) is 3.50. The van der Waals surface area contributed by atoms with Crippen LogP contribution >= 0.6 is 11.3 Å². The van der Waals surface area contributed by atoms with Crippen LogP contribution in [-0.4, -0.2) is 68.5 Å². The van der Waals surface area contributed by atoms with Crippen LogP contribution in [0.1, 0.15) is 31.9 Å². The maximum atomic E-state index is 13.8. The average molecular weight is 526 g/mol. The van der Waals surface area contributed by atoms with Crippen molar-refractivity contribution >= 4 is 28.0 Å². The molecule has 1 aliphatic heterocycles. The molecule has 0 spiro atoms. The lowest BCUT2D eigenvalue weighted by Gasteiger charge is -2.33. The smallest absolute Gasteiger partial charge is 0.304 e. The van der Waals surface area contributed by atoms with Crippen molar-refractivity contribution in [2.24, 2.45) is 0 Å². The molecule has 8 nitrogen and oxygen atoms in total. The maximum absolute atomic E-state index is 13.8. The van der Waals surface area contributed by atoms with Gasteiger partial charge in [-0.3, -0.25) is 15.0 Å². The van der Waals surface area contributed by atoms with Crippen molar-refractivity contribution in [2.45, 2.75) is 12.7 Å². The lowest BCUT2D eigenvalue weighted by Crippen LogP contribution is -2.44. The quantitative estimate of drug-likeness (QED) is 0.411. The van der Waals surface area contributed by atoms with E-state index in [4.69, 9.17) is 0 Å². The fourth-order valence-corrected chi connectivity index (χ4v) is 4.63. The Morgan fingerprint density at radius 3 is 2.73 bits per heavy atom. The number of carbonyl (C=O) groups is 1. The molecule has 1 amide bonds. The minimum atomic E-state index is -4.57. The minimum absolute atomic E-state index is 0.0882. The number of thiazole rings is 1. The van der Waals surface area contributed by atoms with E-state index in [9.17, 15) is 18.0 Å². The summed E-state index contributed by atoms with van der Waals surface area (Å²) in [7, 11) is 1.99. The van der Waals surface area contributed by atoms with Crippen LogP contribution in [0.15, 0.2) is 49.1 Å². The van der Waals surface area contributed by atoms with Gasteiger partial charge in [0.2, 0.25) is 0 Å². The summed E-state index contributed by atoms with van der Waals surface area (Å²) < 4.78 is 43.1. The van der Waals surface area contributed by atoms with Gasteiger partial charge in [0.15, 0.2) is 10.8 Å². The summed E-state index contributed by atoms with van der Waals surface area (Å²) in [4.78, 5) is 25.8. The summed E-state index contributed by atoms with van der Waals surface area (Å²) in [6.07, 6.45) is 1.93. The van der Waals surface area contributed by atoms with Crippen molar-refractivity contribution in [3.8, 4) is 11.8 Å². The van der Waals surface area contributed by atoms with Crippen LogP contribution in [-0.2, 0) is 12.7 Å². The molecule has 1 aromatic carbocycles. The summed E-state index contributed by atoms with van der Waals surface area (Å²) >= 11 is 1.12. The van der Waals surface area contributed by atoms with Gasteiger partial charge in [-0.05, 0) is 36.7 Å². The second-order valence-corrected chi connectivity index (χ2v) is 9.66. The summed E-state index contributed by atoms with van der Waals surface area (Å²) in [6.45, 7) is 3.18. The van der Waals surface area contributed by atoms with Crippen LogP contribution in [0.2, 0.25) is 0 Å². The Bertz CT molecular complexity index is 1490. The van der Waals surface area contributed by atoms with Gasteiger partial charge in [0.25, 0.3) is 5.91 Å². The van der Waals surface area contributed by atoms with Gasteiger partial charge in [-0.25, -0.2) is 14.5 Å². The molecule has 3 aromatic heterocycles. The van der Waals surface area contributed by atoms with Crippen molar-refractivity contribution in [3.05, 3.63) is 76.2 Å². The van der Waals surface area contributed by atoms with E-state index in [1.165, 1.54) is 18.3 Å². The van der Waals surface area contributed by atoms with E-state index in [1.807, 2.05) is 11.9 Å². The highest BCUT2D eigenvalue weighted by molar-refractivity contribution is 7.16. The van der Waals surface area contributed by atoms with Crippen LogP contribution in [0, 0.1) is 11.8 Å². The third kappa shape index (κ3) is 5.80. The first-order chi connectivity index (χ1) is 17.8. The second-order valence-electron chi connectivity index (χ2n) is 8.63. The van der Waals surface area contributed by atoms with E-state index >= 15 is 0 Å². The van der Waals surface area contributed by atoms with E-state index in [0.717, 1.165) is 30.5 Å². The first kappa shape index (κ1) is 24.9. The molecule has 1 saturated heterocycles. The molecule has 1 aliphatic rings. The summed E-state index contributed by atoms with van der Waals surface area (Å²) in [6, 6.07) is 5.48. The number of piperazine rings is 1. The number of alkyl halides is 3. The van der Waals surface area contributed by atoms with Gasteiger partial charge in [-0.2, -0.15) is 18.3 Å². The second kappa shape index (κ2) is 10.3. The third-order valence-electron chi connectivity index (χ3n) is 5.99. The number of amides is 1. The molecule has 4 heterocycles. The molecule has 0 bridgehead atoms. The lowest BCUT2D eigenvalue weighted by molar-refractivity contribution is -0.138. The van der Waals surface area contributed by atoms with Gasteiger partial charge in [-0.1, -0.05) is 23.3 Å². The number of aromatic nitrogens is 4. The van der Waals surface area contributed by atoms with E-state index in [2.05, 4.69) is 37.1 Å². The van der Waals surface area contributed by atoms with E-state index in [0.29, 0.717) is 29.2 Å². The zero-order chi connectivity index (χ0) is 26.0. The van der Waals surface area contributed by atoms with Gasteiger partial charge >= 0.3 is 6.18 Å². The molecule has 1 fully saturated rings. The Morgan fingerprint density at radius 2 is 1.95 bits per heavy atom. The summed E-state index contributed by atoms with van der Waals surface area (Å²) in [5, 5.41) is 6.99. The molecule has 0 atom stereocenters. The molecule has 0 unspecified atom stereocenters. The number of anilines is 1. The number of benzene rings is 1. The fraction of sp³-hybridized carbons (Fsp3) is 0.280. The summed E-state index contributed by atoms with van der Waals surface area (Å²) in [5.41, 5.74) is 0.518. The maximum Gasteiger partial charge on any atom is 0.416 e. The first-order valence-corrected chi connectivity index (χ1v) is 12.3. The molecule has 1 N–H and O–H groups in total. The lowest BCUT2D eigenvalue weighted by atomic mass is 10.0. The van der Waals surface area contributed by atoms with Crippen LogP contribution in [0.5, 0.6) is 0 Å². The first-order valence-electron chi connectivity index (χ1n) is 11.4. The van der Waals surface area contributed by atoms with E-state index in [1.54, 1.807) is 29.2 Å². The molecule has 5 rings (SSSR count). The Morgan fingerprint density at radius 1 is 1.14 bits per heavy atom. The molecule has 0 radical (unpaired) electrons. The Balaban J connectivity index is 1.29. The highest BCUT2D eigenvalue weighted by Gasteiger charge is 2.34. The topological polar surface area (TPSA) is 78.7 Å². The highest BCUT2D eigenvalue weighted by Crippen LogP contribution is 2.34. The fourth-order valence-electron chi connectivity index (χ4n) is 3.97. The zero-order valence-electron chi connectivity index (χ0n) is 19.8. The van der Waals surface area contributed by atoms with Crippen molar-refractivity contribution in [1.82, 2.24) is 29.4 Å². The number of rotatable bonds is 4. The van der Waals surface area contributed by atoms with Gasteiger partial charge < -0.3 is 4.90 Å². The number of likely N-dealkylation sites (N-methyl/N-ethyl adjacent to an activating group) is 1. The molecule has 37 heavy (non-hydrogen) atoms. The van der Waals surface area contributed by atoms with E-state index in [-0.39, 0.29) is 22.8 Å². The molecular formula is C25H22F3N7OS. The van der Waals surface area contributed by atoms with Crippen LogP contribution in [0.3, 0.4) is 0 Å². The van der Waals surface area contributed by atoms with Crippen LogP contribution < -0.4 is 5.32 Å². The number of fused-ring (bicyclic) bond motifs is 1. The SMILES string of the molecule is CN1CCN(Cc2ccc(C(=O)Nc3ncc(C#Cc4cnn5cccnc45)s3)cc2C(F)(F)F)CC1. The third-order valence-corrected chi connectivity index (χ3v) is 6.82. The normalized spacial score (nSPS) is 14.9. The molecule has 0 aliphatic carbocycles. The van der Waals surface area contributed by atoms with Crippen molar-refractivity contribution in [3.63, 3.8) is 0 Å². The van der Waals surface area contributed by atoms with Gasteiger partial charge in [0.05, 0.1) is 28.4 Å². The van der Waals surface area contributed by atoms with E-state index < -0.39 is 17.6 Å². The molecule has 4 aromatic rings. The number of hydrogen-bond acceptors (Lipinski definition) is 7. The van der Waals surface area contributed by atoms with Crippen molar-refractivity contribution in [1.29, 1.82) is 0 Å². The van der Waals surface area contributed by atoms with Gasteiger partial charge in [0.1, 0.15) is 0 Å².